The summed E-state index contributed by atoms with van der Waals surface area (Å²) in [6.07, 6.45) is 0.631. The Morgan fingerprint density at radius 2 is 1.82 bits per heavy atom. The molecule has 0 spiro atoms. The van der Waals surface area contributed by atoms with Crippen molar-refractivity contribution in [3.63, 3.8) is 0 Å². The van der Waals surface area contributed by atoms with Gasteiger partial charge in [-0.15, -0.1) is 28.3 Å². The van der Waals surface area contributed by atoms with Gasteiger partial charge in [0.1, 0.15) is 5.82 Å². The Kier molecular flexibility index (Phi) is 7.42. The van der Waals surface area contributed by atoms with Crippen molar-refractivity contribution in [2.75, 3.05) is 26.2 Å². The Morgan fingerprint density at radius 1 is 1.11 bits per heavy atom. The average molecular weight is 486 g/mol. The predicted molar refractivity (Wildman–Crippen MR) is 120 cm³/mol. The number of aromatic nitrogens is 1. The predicted octanol–water partition coefficient (Wildman–Crippen LogP) is 4.31. The lowest BCUT2D eigenvalue weighted by molar-refractivity contribution is 0.0935. The molecule has 0 saturated carbocycles. The topological polar surface area (TPSA) is 45.4 Å². The molecule has 2 heterocycles. The molecule has 4 rings (SSSR count). The molecule has 1 aromatic heterocycles. The number of rotatable bonds is 5. The lowest BCUT2D eigenvalue weighted by atomic mass is 10.2. The van der Waals surface area contributed by atoms with Gasteiger partial charge in [0, 0.05) is 44.2 Å². The van der Waals surface area contributed by atoms with E-state index in [9.17, 15) is 4.39 Å². The minimum Gasteiger partial charge on any atom is -0.315 e. The fourth-order valence-corrected chi connectivity index (χ4v) is 4.61. The van der Waals surface area contributed by atoms with Gasteiger partial charge in [-0.1, -0.05) is 23.7 Å². The number of piperazine rings is 1. The molecule has 1 aliphatic rings. The molecule has 28 heavy (non-hydrogen) atoms. The van der Waals surface area contributed by atoms with Crippen molar-refractivity contribution in [1.82, 2.24) is 14.8 Å². The number of halogens is 3. The summed E-state index contributed by atoms with van der Waals surface area (Å²) in [7, 11) is 0. The van der Waals surface area contributed by atoms with Crippen molar-refractivity contribution in [2.24, 2.45) is 5.73 Å². The number of thiazole rings is 1. The molecule has 2 aromatic carbocycles. The van der Waals surface area contributed by atoms with E-state index < -0.39 is 0 Å². The van der Waals surface area contributed by atoms with E-state index in [4.69, 9.17) is 17.3 Å². The highest BCUT2D eigenvalue weighted by molar-refractivity contribution is 8.93. The summed E-state index contributed by atoms with van der Waals surface area (Å²) in [6, 6.07) is 12.8. The zero-order valence-corrected chi connectivity index (χ0v) is 18.6. The number of nitrogens with two attached hydrogens (primary N) is 1. The molecule has 2 N–H and O–H groups in total. The third-order valence-electron chi connectivity index (χ3n) is 4.97. The van der Waals surface area contributed by atoms with E-state index in [1.807, 2.05) is 12.1 Å². The van der Waals surface area contributed by atoms with Crippen molar-refractivity contribution < 1.29 is 4.39 Å². The Morgan fingerprint density at radius 3 is 2.54 bits per heavy atom. The van der Waals surface area contributed by atoms with Gasteiger partial charge in [0.05, 0.1) is 21.4 Å². The van der Waals surface area contributed by atoms with E-state index >= 15 is 0 Å². The molecular formula is C20H23BrClFN4S. The summed E-state index contributed by atoms with van der Waals surface area (Å²) in [6.45, 7) is 4.79. The van der Waals surface area contributed by atoms with Gasteiger partial charge < -0.3 is 5.73 Å². The first-order chi connectivity index (χ1) is 13.1. The van der Waals surface area contributed by atoms with E-state index in [1.165, 1.54) is 29.0 Å². The van der Waals surface area contributed by atoms with Gasteiger partial charge in [-0.05, 0) is 35.9 Å². The van der Waals surface area contributed by atoms with Crippen LogP contribution in [0.5, 0.6) is 0 Å². The molecule has 1 fully saturated rings. The maximum Gasteiger partial charge on any atom is 0.124 e. The molecule has 1 atom stereocenters. The third-order valence-corrected chi connectivity index (χ3v) is 6.27. The van der Waals surface area contributed by atoms with E-state index in [-0.39, 0.29) is 29.0 Å². The average Bonchev–Trinajstić information content (AvgIpc) is 3.05. The molecule has 150 valence electrons. The second-order valence-corrected chi connectivity index (χ2v) is 8.48. The van der Waals surface area contributed by atoms with E-state index in [1.54, 1.807) is 6.07 Å². The van der Waals surface area contributed by atoms with Gasteiger partial charge in [-0.25, -0.2) is 9.37 Å². The summed E-state index contributed by atoms with van der Waals surface area (Å²) in [5.41, 5.74) is 8.55. The molecule has 0 radical (unpaired) electrons. The van der Waals surface area contributed by atoms with Gasteiger partial charge in [0.15, 0.2) is 0 Å². The van der Waals surface area contributed by atoms with Crippen LogP contribution < -0.4 is 5.73 Å². The van der Waals surface area contributed by atoms with E-state index in [0.717, 1.165) is 53.0 Å². The van der Waals surface area contributed by atoms with Crippen molar-refractivity contribution >= 4 is 50.1 Å². The number of fused-ring (bicyclic) bond motifs is 1. The quantitative estimate of drug-likeness (QED) is 0.585. The van der Waals surface area contributed by atoms with Gasteiger partial charge in [-0.2, -0.15) is 0 Å². The molecule has 1 aliphatic heterocycles. The normalized spacial score (nSPS) is 16.8. The van der Waals surface area contributed by atoms with Crippen molar-refractivity contribution in [1.29, 1.82) is 0 Å². The van der Waals surface area contributed by atoms with Crippen LogP contribution in [0.25, 0.3) is 10.2 Å². The second-order valence-electron chi connectivity index (χ2n) is 6.93. The van der Waals surface area contributed by atoms with Crippen molar-refractivity contribution in [2.45, 2.75) is 19.1 Å². The van der Waals surface area contributed by atoms with Crippen LogP contribution >= 0.6 is 39.9 Å². The summed E-state index contributed by atoms with van der Waals surface area (Å²) >= 11 is 7.48. The third kappa shape index (κ3) is 5.28. The zero-order chi connectivity index (χ0) is 18.8. The molecule has 1 unspecified atom stereocenters. The van der Waals surface area contributed by atoms with Crippen LogP contribution in [-0.2, 0) is 13.0 Å². The Balaban J connectivity index is 0.00000225. The summed E-state index contributed by atoms with van der Waals surface area (Å²) in [4.78, 5) is 9.34. The van der Waals surface area contributed by atoms with Crippen LogP contribution in [-0.4, -0.2) is 47.1 Å². The highest BCUT2D eigenvalue weighted by Crippen LogP contribution is 2.24. The first-order valence-corrected chi connectivity index (χ1v) is 10.3. The summed E-state index contributed by atoms with van der Waals surface area (Å²) < 4.78 is 14.2. The van der Waals surface area contributed by atoms with Crippen LogP contribution in [0.2, 0.25) is 5.02 Å². The lowest BCUT2D eigenvalue weighted by Gasteiger charge is -2.37. The van der Waals surface area contributed by atoms with Gasteiger partial charge in [-0.3, -0.25) is 9.80 Å². The minimum atomic E-state index is -0.223. The van der Waals surface area contributed by atoms with Crippen molar-refractivity contribution in [3.8, 4) is 0 Å². The first kappa shape index (κ1) is 21.6. The van der Waals surface area contributed by atoms with E-state index in [2.05, 4.69) is 26.9 Å². The second kappa shape index (κ2) is 9.61. The highest BCUT2D eigenvalue weighted by atomic mass is 79.9. The van der Waals surface area contributed by atoms with Crippen molar-refractivity contribution in [3.05, 3.63) is 63.9 Å². The number of hydrogen-bond donors (Lipinski definition) is 1. The van der Waals surface area contributed by atoms with Gasteiger partial charge in [0.2, 0.25) is 0 Å². The minimum absolute atomic E-state index is 0. The Bertz CT molecular complexity index is 912. The van der Waals surface area contributed by atoms with Crippen LogP contribution in [0.4, 0.5) is 4.39 Å². The SMILES string of the molecule is Br.NC(Cc1nc2ccc(F)cc2s1)N1CCN(Cc2ccc(Cl)cc2)CC1. The summed E-state index contributed by atoms with van der Waals surface area (Å²) in [5, 5.41) is 1.74. The molecular weight excluding hydrogens is 463 g/mol. The summed E-state index contributed by atoms with van der Waals surface area (Å²) in [5.74, 6) is -0.223. The molecule has 0 amide bonds. The number of benzene rings is 2. The molecule has 0 aliphatic carbocycles. The Labute approximate surface area is 183 Å². The Hall–Kier alpha value is -1.09. The van der Waals surface area contributed by atoms with Gasteiger partial charge >= 0.3 is 0 Å². The standard InChI is InChI=1S/C20H22ClFN4S.BrH/c21-15-3-1-14(2-4-15)13-25-7-9-26(10-8-25)19(23)12-20-24-17-6-5-16(22)11-18(17)27-20;/h1-6,11,19H,7-10,12-13,23H2;1H. The molecule has 1 saturated heterocycles. The first-order valence-electron chi connectivity index (χ1n) is 9.08. The maximum atomic E-state index is 13.3. The monoisotopic (exact) mass is 484 g/mol. The zero-order valence-electron chi connectivity index (χ0n) is 15.4. The molecule has 3 aromatic rings. The fraction of sp³-hybridized carbons (Fsp3) is 0.350. The number of hydrogen-bond acceptors (Lipinski definition) is 5. The van der Waals surface area contributed by atoms with Gasteiger partial charge in [0.25, 0.3) is 0 Å². The van der Waals surface area contributed by atoms with Crippen LogP contribution in [0, 0.1) is 5.82 Å². The fourth-order valence-electron chi connectivity index (χ4n) is 3.44. The highest BCUT2D eigenvalue weighted by Gasteiger charge is 2.22. The molecule has 0 bridgehead atoms. The van der Waals surface area contributed by atoms with Crippen LogP contribution in [0.15, 0.2) is 42.5 Å². The largest absolute Gasteiger partial charge is 0.315 e. The maximum absolute atomic E-state index is 13.3. The lowest BCUT2D eigenvalue weighted by Crippen LogP contribution is -2.53. The van der Waals surface area contributed by atoms with Crippen LogP contribution in [0.3, 0.4) is 0 Å². The van der Waals surface area contributed by atoms with E-state index in [0.29, 0.717) is 6.42 Å². The van der Waals surface area contributed by atoms with Crippen LogP contribution in [0.1, 0.15) is 10.6 Å². The smallest absolute Gasteiger partial charge is 0.124 e. The molecule has 8 heteroatoms. The number of nitrogens with zero attached hydrogens (tertiary/aromatic N) is 3. The molecule has 4 nitrogen and oxygen atoms in total.